The Kier molecular flexibility index (Phi) is 3.66. The van der Waals surface area contributed by atoms with Crippen molar-refractivity contribution in [3.8, 4) is 6.07 Å². The van der Waals surface area contributed by atoms with Crippen molar-refractivity contribution >= 4 is 5.91 Å². The summed E-state index contributed by atoms with van der Waals surface area (Å²) in [5.41, 5.74) is -0.280. The zero-order chi connectivity index (χ0) is 13.3. The van der Waals surface area contributed by atoms with Crippen LogP contribution in [0.25, 0.3) is 0 Å². The SMILES string of the molecule is CC(C)(C)C(=O)N1CCC(C(C#N)C2CC2)CC1. The number of likely N-dealkylation sites (tertiary alicyclic amines) is 1. The highest BCUT2D eigenvalue weighted by Gasteiger charge is 2.39. The van der Waals surface area contributed by atoms with Gasteiger partial charge < -0.3 is 4.90 Å². The molecule has 1 atom stereocenters. The fourth-order valence-electron chi connectivity index (χ4n) is 2.99. The highest BCUT2D eigenvalue weighted by atomic mass is 16.2. The van der Waals surface area contributed by atoms with Crippen molar-refractivity contribution < 1.29 is 4.79 Å². The van der Waals surface area contributed by atoms with E-state index in [1.54, 1.807) is 0 Å². The number of hydrogen-bond donors (Lipinski definition) is 0. The molecule has 18 heavy (non-hydrogen) atoms. The summed E-state index contributed by atoms with van der Waals surface area (Å²) in [5.74, 6) is 1.68. The van der Waals surface area contributed by atoms with Crippen molar-refractivity contribution in [1.82, 2.24) is 4.90 Å². The quantitative estimate of drug-likeness (QED) is 0.754. The van der Waals surface area contributed by atoms with Gasteiger partial charge in [-0.2, -0.15) is 5.26 Å². The van der Waals surface area contributed by atoms with E-state index in [2.05, 4.69) is 6.07 Å². The van der Waals surface area contributed by atoms with Crippen LogP contribution in [0.15, 0.2) is 0 Å². The molecule has 1 saturated heterocycles. The van der Waals surface area contributed by atoms with Crippen LogP contribution >= 0.6 is 0 Å². The van der Waals surface area contributed by atoms with Crippen molar-refractivity contribution in [3.05, 3.63) is 0 Å². The summed E-state index contributed by atoms with van der Waals surface area (Å²) in [6.07, 6.45) is 4.49. The minimum atomic E-state index is -0.280. The van der Waals surface area contributed by atoms with Crippen molar-refractivity contribution in [2.75, 3.05) is 13.1 Å². The lowest BCUT2D eigenvalue weighted by molar-refractivity contribution is -0.141. The van der Waals surface area contributed by atoms with E-state index >= 15 is 0 Å². The highest BCUT2D eigenvalue weighted by molar-refractivity contribution is 5.81. The minimum absolute atomic E-state index is 0.247. The molecule has 0 aromatic carbocycles. The predicted molar refractivity (Wildman–Crippen MR) is 70.6 cm³/mol. The summed E-state index contributed by atoms with van der Waals surface area (Å²) in [4.78, 5) is 14.2. The molecule has 2 rings (SSSR count). The first-order chi connectivity index (χ1) is 8.43. The third-order valence-electron chi connectivity index (χ3n) is 4.26. The second kappa shape index (κ2) is 4.91. The Bertz CT molecular complexity index is 352. The maximum atomic E-state index is 12.2. The van der Waals surface area contributed by atoms with Crippen LogP contribution in [0.2, 0.25) is 0 Å². The van der Waals surface area contributed by atoms with E-state index in [4.69, 9.17) is 0 Å². The van der Waals surface area contributed by atoms with Gasteiger partial charge in [0, 0.05) is 18.5 Å². The average molecular weight is 248 g/mol. The first kappa shape index (κ1) is 13.4. The lowest BCUT2D eigenvalue weighted by Crippen LogP contribution is -2.45. The summed E-state index contributed by atoms with van der Waals surface area (Å²) in [6, 6.07) is 2.50. The van der Waals surface area contributed by atoms with Gasteiger partial charge in [0.1, 0.15) is 0 Å². The van der Waals surface area contributed by atoms with Gasteiger partial charge in [0.15, 0.2) is 0 Å². The fourth-order valence-corrected chi connectivity index (χ4v) is 2.99. The molecular formula is C15H24N2O. The van der Waals surface area contributed by atoms with Gasteiger partial charge in [-0.25, -0.2) is 0 Å². The normalized spacial score (nSPS) is 23.6. The van der Waals surface area contributed by atoms with Crippen LogP contribution in [0.1, 0.15) is 46.5 Å². The van der Waals surface area contributed by atoms with E-state index in [1.165, 1.54) is 12.8 Å². The van der Waals surface area contributed by atoms with E-state index in [9.17, 15) is 10.1 Å². The molecule has 0 spiro atoms. The molecule has 1 unspecified atom stereocenters. The summed E-state index contributed by atoms with van der Waals surface area (Å²) in [7, 11) is 0. The van der Waals surface area contributed by atoms with Crippen LogP contribution in [-0.4, -0.2) is 23.9 Å². The first-order valence-corrected chi connectivity index (χ1v) is 7.12. The molecule has 1 amide bonds. The number of nitriles is 1. The molecule has 0 aromatic rings. The average Bonchev–Trinajstić information content (AvgIpc) is 3.13. The maximum Gasteiger partial charge on any atom is 0.227 e. The van der Waals surface area contributed by atoms with Crippen molar-refractivity contribution in [2.24, 2.45) is 23.2 Å². The summed E-state index contributed by atoms with van der Waals surface area (Å²) in [5, 5.41) is 9.26. The maximum absolute atomic E-state index is 12.2. The molecule has 2 aliphatic rings. The van der Waals surface area contributed by atoms with Crippen molar-refractivity contribution in [3.63, 3.8) is 0 Å². The van der Waals surface area contributed by atoms with Crippen LogP contribution in [0.4, 0.5) is 0 Å². The highest BCUT2D eigenvalue weighted by Crippen LogP contribution is 2.43. The number of rotatable bonds is 2. The number of hydrogen-bond acceptors (Lipinski definition) is 2. The molecule has 1 saturated carbocycles. The van der Waals surface area contributed by atoms with Gasteiger partial charge in [-0.3, -0.25) is 4.79 Å². The largest absolute Gasteiger partial charge is 0.342 e. The Morgan fingerprint density at radius 2 is 1.67 bits per heavy atom. The smallest absolute Gasteiger partial charge is 0.227 e. The monoisotopic (exact) mass is 248 g/mol. The Morgan fingerprint density at radius 3 is 2.06 bits per heavy atom. The number of piperidine rings is 1. The molecule has 100 valence electrons. The standard InChI is InChI=1S/C15H24N2O/c1-15(2,3)14(18)17-8-6-12(7-9-17)13(10-16)11-4-5-11/h11-13H,4-9H2,1-3H3. The van der Waals surface area contributed by atoms with Gasteiger partial charge in [-0.1, -0.05) is 20.8 Å². The van der Waals surface area contributed by atoms with Gasteiger partial charge in [0.05, 0.1) is 12.0 Å². The molecule has 3 nitrogen and oxygen atoms in total. The Labute approximate surface area is 110 Å². The molecule has 0 bridgehead atoms. The van der Waals surface area contributed by atoms with Gasteiger partial charge >= 0.3 is 0 Å². The zero-order valence-electron chi connectivity index (χ0n) is 11.8. The number of amides is 1. The topological polar surface area (TPSA) is 44.1 Å². The molecule has 0 radical (unpaired) electrons. The van der Waals surface area contributed by atoms with Crippen molar-refractivity contribution in [2.45, 2.75) is 46.5 Å². The fraction of sp³-hybridized carbons (Fsp3) is 0.867. The van der Waals surface area contributed by atoms with Crippen LogP contribution < -0.4 is 0 Å². The van der Waals surface area contributed by atoms with Gasteiger partial charge in [-0.05, 0) is 37.5 Å². The Morgan fingerprint density at radius 1 is 1.17 bits per heavy atom. The van der Waals surface area contributed by atoms with Gasteiger partial charge in [0.25, 0.3) is 0 Å². The molecule has 2 fully saturated rings. The van der Waals surface area contributed by atoms with E-state index < -0.39 is 0 Å². The summed E-state index contributed by atoms with van der Waals surface area (Å²) < 4.78 is 0. The molecule has 1 heterocycles. The number of carbonyl (C=O) groups excluding carboxylic acids is 1. The second-order valence-electron chi connectivity index (χ2n) is 6.87. The molecule has 1 aliphatic heterocycles. The second-order valence-corrected chi connectivity index (χ2v) is 6.87. The molecule has 0 N–H and O–H groups in total. The lowest BCUT2D eigenvalue weighted by Gasteiger charge is -2.37. The predicted octanol–water partition coefficient (Wildman–Crippen LogP) is 2.82. The number of carbonyl (C=O) groups is 1. The van der Waals surface area contributed by atoms with Crippen LogP contribution in [0.5, 0.6) is 0 Å². The molecular weight excluding hydrogens is 224 g/mol. The Hall–Kier alpha value is -1.04. The lowest BCUT2D eigenvalue weighted by atomic mass is 9.81. The van der Waals surface area contributed by atoms with Crippen LogP contribution in [-0.2, 0) is 4.79 Å². The van der Waals surface area contributed by atoms with Crippen LogP contribution in [0, 0.1) is 34.5 Å². The van der Waals surface area contributed by atoms with Crippen molar-refractivity contribution in [1.29, 1.82) is 5.26 Å². The first-order valence-electron chi connectivity index (χ1n) is 7.12. The Balaban J connectivity index is 1.88. The minimum Gasteiger partial charge on any atom is -0.342 e. The summed E-state index contributed by atoms with van der Waals surface area (Å²) >= 11 is 0. The van der Waals surface area contributed by atoms with Gasteiger partial charge in [-0.15, -0.1) is 0 Å². The third kappa shape index (κ3) is 2.85. The molecule has 3 heteroatoms. The number of nitrogens with zero attached hydrogens (tertiary/aromatic N) is 2. The van der Waals surface area contributed by atoms with E-state index in [-0.39, 0.29) is 17.2 Å². The van der Waals surface area contributed by atoms with E-state index in [0.717, 1.165) is 25.9 Å². The van der Waals surface area contributed by atoms with E-state index in [0.29, 0.717) is 11.8 Å². The molecule has 1 aliphatic carbocycles. The molecule has 0 aromatic heterocycles. The van der Waals surface area contributed by atoms with E-state index in [1.807, 2.05) is 25.7 Å². The van der Waals surface area contributed by atoms with Gasteiger partial charge in [0.2, 0.25) is 5.91 Å². The van der Waals surface area contributed by atoms with Crippen LogP contribution in [0.3, 0.4) is 0 Å². The third-order valence-corrected chi connectivity index (χ3v) is 4.26. The summed E-state index contributed by atoms with van der Waals surface area (Å²) in [6.45, 7) is 7.61. The zero-order valence-corrected chi connectivity index (χ0v) is 11.8.